The Labute approximate surface area is 132 Å². The highest BCUT2D eigenvalue weighted by molar-refractivity contribution is 6.32. The van der Waals surface area contributed by atoms with Crippen LogP contribution in [0.2, 0.25) is 5.02 Å². The van der Waals surface area contributed by atoms with Crippen molar-refractivity contribution in [1.82, 2.24) is 0 Å². The second-order valence-electron chi connectivity index (χ2n) is 5.83. The third kappa shape index (κ3) is 5.17. The molecule has 118 valence electrons. The molecule has 1 fully saturated rings. The van der Waals surface area contributed by atoms with E-state index in [1.807, 2.05) is 13.0 Å². The van der Waals surface area contributed by atoms with Crippen LogP contribution in [0.5, 0.6) is 5.75 Å². The van der Waals surface area contributed by atoms with E-state index < -0.39 is 0 Å². The van der Waals surface area contributed by atoms with Gasteiger partial charge in [-0.1, -0.05) is 18.5 Å². The van der Waals surface area contributed by atoms with Crippen molar-refractivity contribution in [3.05, 3.63) is 28.3 Å². The molecular weight excluding hydrogens is 286 g/mol. The van der Waals surface area contributed by atoms with E-state index in [4.69, 9.17) is 26.8 Å². The Kier molecular flexibility index (Phi) is 6.34. The molecule has 1 saturated carbocycles. The van der Waals surface area contributed by atoms with Crippen molar-refractivity contribution >= 4 is 11.6 Å². The Morgan fingerprint density at radius 2 is 2.10 bits per heavy atom. The molecule has 2 rings (SSSR count). The predicted octanol–water partition coefficient (Wildman–Crippen LogP) is 3.95. The van der Waals surface area contributed by atoms with E-state index >= 15 is 0 Å². The van der Waals surface area contributed by atoms with Crippen LogP contribution in [0, 0.1) is 5.92 Å². The van der Waals surface area contributed by atoms with Crippen LogP contribution in [0.3, 0.4) is 0 Å². The molecule has 1 unspecified atom stereocenters. The fraction of sp³-hybridized carbons (Fsp3) is 0.647. The first-order valence-corrected chi connectivity index (χ1v) is 8.29. The third-order valence-electron chi connectivity index (χ3n) is 3.82. The second-order valence-corrected chi connectivity index (χ2v) is 6.24. The zero-order valence-electron chi connectivity index (χ0n) is 13.0. The van der Waals surface area contributed by atoms with Gasteiger partial charge in [0.05, 0.1) is 18.2 Å². The van der Waals surface area contributed by atoms with Crippen molar-refractivity contribution in [1.29, 1.82) is 0 Å². The zero-order valence-corrected chi connectivity index (χ0v) is 13.8. The van der Waals surface area contributed by atoms with Crippen LogP contribution in [0.15, 0.2) is 12.1 Å². The van der Waals surface area contributed by atoms with Crippen LogP contribution in [0.4, 0.5) is 0 Å². The topological polar surface area (TPSA) is 44.5 Å². The lowest BCUT2D eigenvalue weighted by molar-refractivity contribution is 0.134. The molecule has 4 heteroatoms. The molecule has 0 amide bonds. The molecule has 21 heavy (non-hydrogen) atoms. The summed E-state index contributed by atoms with van der Waals surface area (Å²) < 4.78 is 11.4. The van der Waals surface area contributed by atoms with Crippen LogP contribution in [0.1, 0.15) is 44.2 Å². The summed E-state index contributed by atoms with van der Waals surface area (Å²) in [5, 5.41) is 0.672. The molecule has 2 N–H and O–H groups in total. The van der Waals surface area contributed by atoms with Gasteiger partial charge in [0.2, 0.25) is 0 Å². The highest BCUT2D eigenvalue weighted by Crippen LogP contribution is 2.35. The first-order valence-electron chi connectivity index (χ1n) is 7.91. The Hall–Kier alpha value is -0.770. The van der Waals surface area contributed by atoms with Gasteiger partial charge in [-0.25, -0.2) is 0 Å². The average Bonchev–Trinajstić information content (AvgIpc) is 3.28. The number of ether oxygens (including phenoxy) is 2. The van der Waals surface area contributed by atoms with E-state index in [0.29, 0.717) is 24.2 Å². The normalized spacial score (nSPS) is 16.0. The molecule has 3 nitrogen and oxygen atoms in total. The molecule has 0 aliphatic heterocycles. The van der Waals surface area contributed by atoms with Crippen molar-refractivity contribution in [3.8, 4) is 5.75 Å². The number of hydrogen-bond acceptors (Lipinski definition) is 3. The molecule has 1 atom stereocenters. The van der Waals surface area contributed by atoms with E-state index in [9.17, 15) is 0 Å². The van der Waals surface area contributed by atoms with Crippen LogP contribution >= 0.6 is 11.6 Å². The van der Waals surface area contributed by atoms with Gasteiger partial charge in [-0.3, -0.25) is 0 Å². The van der Waals surface area contributed by atoms with Crippen LogP contribution in [-0.2, 0) is 17.8 Å². The smallest absolute Gasteiger partial charge is 0.141 e. The first kappa shape index (κ1) is 16.6. The summed E-state index contributed by atoms with van der Waals surface area (Å²) in [7, 11) is 0. The van der Waals surface area contributed by atoms with Gasteiger partial charge in [0.1, 0.15) is 5.75 Å². The van der Waals surface area contributed by atoms with E-state index in [-0.39, 0.29) is 6.04 Å². The zero-order chi connectivity index (χ0) is 15.2. The molecule has 1 aromatic carbocycles. The molecule has 1 aromatic rings. The molecule has 0 aromatic heterocycles. The Morgan fingerprint density at radius 1 is 1.33 bits per heavy atom. The molecule has 0 spiro atoms. The van der Waals surface area contributed by atoms with Crippen LogP contribution < -0.4 is 10.5 Å². The van der Waals surface area contributed by atoms with Crippen molar-refractivity contribution < 1.29 is 9.47 Å². The lowest BCUT2D eigenvalue weighted by Gasteiger charge is -2.17. The molecule has 0 saturated heterocycles. The molecule has 1 aliphatic carbocycles. The van der Waals surface area contributed by atoms with E-state index in [2.05, 4.69) is 13.0 Å². The minimum atomic E-state index is 0.131. The highest BCUT2D eigenvalue weighted by atomic mass is 35.5. The fourth-order valence-corrected chi connectivity index (χ4v) is 2.56. The Balaban J connectivity index is 2.17. The lowest BCUT2D eigenvalue weighted by Crippen LogP contribution is -2.22. The van der Waals surface area contributed by atoms with Gasteiger partial charge in [0, 0.05) is 12.6 Å². The summed E-state index contributed by atoms with van der Waals surface area (Å²) in [4.78, 5) is 0. The van der Waals surface area contributed by atoms with Gasteiger partial charge < -0.3 is 15.2 Å². The maximum atomic E-state index is 6.42. The largest absolute Gasteiger partial charge is 0.491 e. The SMILES string of the molecule is CCOCc1cc(Cl)c(OCC2CC2)c(CC(N)CC)c1. The van der Waals surface area contributed by atoms with E-state index in [1.165, 1.54) is 12.8 Å². The number of hydrogen-bond donors (Lipinski definition) is 1. The number of benzene rings is 1. The van der Waals surface area contributed by atoms with Crippen LogP contribution in [0.25, 0.3) is 0 Å². The summed E-state index contributed by atoms with van der Waals surface area (Å²) in [5.74, 6) is 1.52. The maximum Gasteiger partial charge on any atom is 0.141 e. The quantitative estimate of drug-likeness (QED) is 0.751. The van der Waals surface area contributed by atoms with Gasteiger partial charge in [0.15, 0.2) is 0 Å². The fourth-order valence-electron chi connectivity index (χ4n) is 2.24. The third-order valence-corrected chi connectivity index (χ3v) is 4.10. The van der Waals surface area contributed by atoms with Gasteiger partial charge >= 0.3 is 0 Å². The van der Waals surface area contributed by atoms with Gasteiger partial charge in [-0.15, -0.1) is 0 Å². The lowest BCUT2D eigenvalue weighted by atomic mass is 10.0. The summed E-state index contributed by atoms with van der Waals surface area (Å²) in [6.07, 6.45) is 4.26. The maximum absolute atomic E-state index is 6.42. The Morgan fingerprint density at radius 3 is 2.71 bits per heavy atom. The summed E-state index contributed by atoms with van der Waals surface area (Å²) >= 11 is 6.42. The second kappa shape index (κ2) is 8.02. The predicted molar refractivity (Wildman–Crippen MR) is 87.0 cm³/mol. The summed E-state index contributed by atoms with van der Waals surface area (Å²) in [5.41, 5.74) is 8.30. The van der Waals surface area contributed by atoms with Crippen molar-refractivity contribution in [2.75, 3.05) is 13.2 Å². The Bertz CT molecular complexity index is 460. The van der Waals surface area contributed by atoms with Crippen molar-refractivity contribution in [2.45, 2.75) is 52.2 Å². The summed E-state index contributed by atoms with van der Waals surface area (Å²) in [6.45, 7) is 6.12. The van der Waals surface area contributed by atoms with Gasteiger partial charge in [0.25, 0.3) is 0 Å². The highest BCUT2D eigenvalue weighted by Gasteiger charge is 2.23. The molecule has 0 radical (unpaired) electrons. The molecule has 0 bridgehead atoms. The minimum Gasteiger partial charge on any atom is -0.491 e. The average molecular weight is 312 g/mol. The monoisotopic (exact) mass is 311 g/mol. The standard InChI is InChI=1S/C17H26ClNO2/c1-3-15(19)9-14-7-13(10-20-4-2)8-16(18)17(14)21-11-12-5-6-12/h7-8,12,15H,3-6,9-11,19H2,1-2H3. The molecule has 1 aliphatic rings. The van der Waals surface area contributed by atoms with Crippen molar-refractivity contribution in [2.24, 2.45) is 11.7 Å². The van der Waals surface area contributed by atoms with Crippen LogP contribution in [-0.4, -0.2) is 19.3 Å². The minimum absolute atomic E-state index is 0.131. The van der Waals surface area contributed by atoms with Gasteiger partial charge in [-0.2, -0.15) is 0 Å². The van der Waals surface area contributed by atoms with Crippen molar-refractivity contribution in [3.63, 3.8) is 0 Å². The van der Waals surface area contributed by atoms with E-state index in [0.717, 1.165) is 36.3 Å². The summed E-state index contributed by atoms with van der Waals surface area (Å²) in [6, 6.07) is 4.20. The van der Waals surface area contributed by atoms with Gasteiger partial charge in [-0.05, 0) is 61.8 Å². The molecule has 0 heterocycles. The number of nitrogens with two attached hydrogens (primary N) is 1. The molecular formula is C17H26ClNO2. The van der Waals surface area contributed by atoms with E-state index in [1.54, 1.807) is 0 Å². The number of halogens is 1. The first-order chi connectivity index (χ1) is 10.1. The number of rotatable bonds is 9.